The molecule has 0 saturated heterocycles. The SMILES string of the molecule is CO/N=C(/C)c1ccc(O)cc1O. The Morgan fingerprint density at radius 2 is 2.08 bits per heavy atom. The third-order valence-electron chi connectivity index (χ3n) is 1.60. The van der Waals surface area contributed by atoms with Crippen LogP contribution >= 0.6 is 0 Å². The summed E-state index contributed by atoms with van der Waals surface area (Å²) in [5.41, 5.74) is 1.10. The molecule has 13 heavy (non-hydrogen) atoms. The summed E-state index contributed by atoms with van der Waals surface area (Å²) in [5, 5.41) is 22.1. The van der Waals surface area contributed by atoms with Crippen LogP contribution in [0.25, 0.3) is 0 Å². The summed E-state index contributed by atoms with van der Waals surface area (Å²) < 4.78 is 0. The van der Waals surface area contributed by atoms with E-state index in [0.29, 0.717) is 11.3 Å². The highest BCUT2D eigenvalue weighted by atomic mass is 16.6. The van der Waals surface area contributed by atoms with Crippen LogP contribution in [0.3, 0.4) is 0 Å². The molecule has 0 amide bonds. The predicted molar refractivity (Wildman–Crippen MR) is 49.0 cm³/mol. The molecule has 1 rings (SSSR count). The molecule has 0 unspecified atom stereocenters. The van der Waals surface area contributed by atoms with Crippen LogP contribution in [0.15, 0.2) is 23.4 Å². The van der Waals surface area contributed by atoms with Gasteiger partial charge in [-0.2, -0.15) is 0 Å². The number of hydrogen-bond donors (Lipinski definition) is 2. The van der Waals surface area contributed by atoms with Crippen LogP contribution in [0.1, 0.15) is 12.5 Å². The lowest BCUT2D eigenvalue weighted by atomic mass is 10.1. The molecule has 4 nitrogen and oxygen atoms in total. The van der Waals surface area contributed by atoms with Gasteiger partial charge in [0, 0.05) is 11.6 Å². The van der Waals surface area contributed by atoms with Crippen LogP contribution < -0.4 is 0 Å². The Hall–Kier alpha value is -1.71. The van der Waals surface area contributed by atoms with E-state index in [-0.39, 0.29) is 11.5 Å². The lowest BCUT2D eigenvalue weighted by Crippen LogP contribution is -1.95. The third kappa shape index (κ3) is 2.11. The maximum atomic E-state index is 9.39. The molecule has 0 aliphatic carbocycles. The Bertz CT molecular complexity index is 334. The Labute approximate surface area is 76.1 Å². The summed E-state index contributed by atoms with van der Waals surface area (Å²) in [6, 6.07) is 4.30. The normalized spacial score (nSPS) is 11.4. The molecule has 2 N–H and O–H groups in total. The molecule has 1 aromatic carbocycles. The summed E-state index contributed by atoms with van der Waals surface area (Å²) >= 11 is 0. The van der Waals surface area contributed by atoms with Gasteiger partial charge in [0.05, 0.1) is 5.71 Å². The lowest BCUT2D eigenvalue weighted by Gasteiger charge is -2.03. The second-order valence-electron chi connectivity index (χ2n) is 2.56. The van der Waals surface area contributed by atoms with Crippen molar-refractivity contribution in [2.45, 2.75) is 6.92 Å². The molecule has 0 aliphatic rings. The molecule has 0 bridgehead atoms. The van der Waals surface area contributed by atoms with Crippen molar-refractivity contribution in [2.24, 2.45) is 5.16 Å². The van der Waals surface area contributed by atoms with E-state index in [1.807, 2.05) is 0 Å². The van der Waals surface area contributed by atoms with Crippen molar-refractivity contribution >= 4 is 5.71 Å². The number of phenols is 2. The molecule has 0 heterocycles. The van der Waals surface area contributed by atoms with Gasteiger partial charge in [-0.3, -0.25) is 0 Å². The van der Waals surface area contributed by atoms with Crippen LogP contribution in [0.4, 0.5) is 0 Å². The first-order valence-corrected chi connectivity index (χ1v) is 3.75. The van der Waals surface area contributed by atoms with Crippen molar-refractivity contribution < 1.29 is 15.1 Å². The van der Waals surface area contributed by atoms with Crippen molar-refractivity contribution in [1.82, 2.24) is 0 Å². The zero-order valence-electron chi connectivity index (χ0n) is 7.48. The molecule has 0 saturated carbocycles. The number of aromatic hydroxyl groups is 2. The smallest absolute Gasteiger partial charge is 0.128 e. The van der Waals surface area contributed by atoms with E-state index in [2.05, 4.69) is 9.99 Å². The molecule has 0 fully saturated rings. The van der Waals surface area contributed by atoms with E-state index in [9.17, 15) is 5.11 Å². The zero-order valence-corrected chi connectivity index (χ0v) is 7.48. The molecule has 0 spiro atoms. The lowest BCUT2D eigenvalue weighted by molar-refractivity contribution is 0.213. The fourth-order valence-electron chi connectivity index (χ4n) is 1.01. The maximum absolute atomic E-state index is 9.39. The molecule has 0 atom stereocenters. The van der Waals surface area contributed by atoms with E-state index in [1.54, 1.807) is 13.0 Å². The number of benzene rings is 1. The summed E-state index contributed by atoms with van der Waals surface area (Å²) in [4.78, 5) is 4.56. The van der Waals surface area contributed by atoms with Gasteiger partial charge in [-0.25, -0.2) is 0 Å². The van der Waals surface area contributed by atoms with Crippen molar-refractivity contribution in [1.29, 1.82) is 0 Å². The second-order valence-corrected chi connectivity index (χ2v) is 2.56. The highest BCUT2D eigenvalue weighted by molar-refractivity contribution is 6.00. The second kappa shape index (κ2) is 3.80. The Morgan fingerprint density at radius 3 is 2.62 bits per heavy atom. The van der Waals surface area contributed by atoms with Crippen molar-refractivity contribution in [3.05, 3.63) is 23.8 Å². The Morgan fingerprint density at radius 1 is 1.38 bits per heavy atom. The molecule has 0 aliphatic heterocycles. The first kappa shape index (κ1) is 9.38. The third-order valence-corrected chi connectivity index (χ3v) is 1.60. The fourth-order valence-corrected chi connectivity index (χ4v) is 1.01. The quantitative estimate of drug-likeness (QED) is 0.536. The molecule has 0 aromatic heterocycles. The van der Waals surface area contributed by atoms with E-state index < -0.39 is 0 Å². The van der Waals surface area contributed by atoms with Gasteiger partial charge in [-0.1, -0.05) is 5.16 Å². The van der Waals surface area contributed by atoms with Gasteiger partial charge in [0.15, 0.2) is 0 Å². The van der Waals surface area contributed by atoms with Crippen LogP contribution in [0.2, 0.25) is 0 Å². The Balaban J connectivity index is 3.09. The van der Waals surface area contributed by atoms with Crippen molar-refractivity contribution in [3.63, 3.8) is 0 Å². The van der Waals surface area contributed by atoms with Crippen molar-refractivity contribution in [2.75, 3.05) is 7.11 Å². The molecule has 1 aromatic rings. The Kier molecular flexibility index (Phi) is 2.74. The van der Waals surface area contributed by atoms with E-state index in [4.69, 9.17) is 5.11 Å². The van der Waals surface area contributed by atoms with Gasteiger partial charge < -0.3 is 15.1 Å². The summed E-state index contributed by atoms with van der Waals surface area (Å²) in [6.07, 6.45) is 0. The van der Waals surface area contributed by atoms with E-state index in [1.165, 1.54) is 19.2 Å². The monoisotopic (exact) mass is 181 g/mol. The standard InChI is InChI=1S/C9H11NO3/c1-6(10-13-2)8-4-3-7(11)5-9(8)12/h3-5,11-12H,1-2H3/b10-6-. The van der Waals surface area contributed by atoms with Gasteiger partial charge in [0.1, 0.15) is 18.6 Å². The van der Waals surface area contributed by atoms with Gasteiger partial charge in [-0.05, 0) is 19.1 Å². The summed E-state index contributed by atoms with van der Waals surface area (Å²) in [7, 11) is 1.43. The first-order valence-electron chi connectivity index (χ1n) is 3.75. The number of rotatable bonds is 2. The highest BCUT2D eigenvalue weighted by Crippen LogP contribution is 2.22. The highest BCUT2D eigenvalue weighted by Gasteiger charge is 2.05. The van der Waals surface area contributed by atoms with Gasteiger partial charge >= 0.3 is 0 Å². The first-order chi connectivity index (χ1) is 6.15. The zero-order chi connectivity index (χ0) is 9.84. The number of phenolic OH excluding ortho intramolecular Hbond substituents is 2. The average Bonchev–Trinajstić information content (AvgIpc) is 2.04. The largest absolute Gasteiger partial charge is 0.508 e. The molecule has 0 radical (unpaired) electrons. The van der Waals surface area contributed by atoms with Crippen LogP contribution in [-0.2, 0) is 4.84 Å². The molecule has 70 valence electrons. The van der Waals surface area contributed by atoms with Crippen LogP contribution in [-0.4, -0.2) is 23.0 Å². The minimum Gasteiger partial charge on any atom is -0.508 e. The minimum atomic E-state index is -0.0155. The molecular weight excluding hydrogens is 170 g/mol. The van der Waals surface area contributed by atoms with Crippen molar-refractivity contribution in [3.8, 4) is 11.5 Å². The summed E-state index contributed by atoms with van der Waals surface area (Å²) in [5.74, 6) is 0.00441. The summed E-state index contributed by atoms with van der Waals surface area (Å²) in [6.45, 7) is 1.70. The van der Waals surface area contributed by atoms with Gasteiger partial charge in [0.25, 0.3) is 0 Å². The maximum Gasteiger partial charge on any atom is 0.128 e. The van der Waals surface area contributed by atoms with Gasteiger partial charge in [-0.15, -0.1) is 0 Å². The van der Waals surface area contributed by atoms with E-state index in [0.717, 1.165) is 0 Å². The molecule has 4 heteroatoms. The fraction of sp³-hybridized carbons (Fsp3) is 0.222. The number of oxime groups is 1. The van der Waals surface area contributed by atoms with Crippen LogP contribution in [0.5, 0.6) is 11.5 Å². The molecular formula is C9H11NO3. The minimum absolute atomic E-state index is 0.0155. The predicted octanol–water partition coefficient (Wildman–Crippen LogP) is 1.47. The number of nitrogens with zero attached hydrogens (tertiary/aromatic N) is 1. The van der Waals surface area contributed by atoms with E-state index >= 15 is 0 Å². The topological polar surface area (TPSA) is 62.0 Å². The number of hydrogen-bond acceptors (Lipinski definition) is 4. The van der Waals surface area contributed by atoms with Crippen LogP contribution in [0, 0.1) is 0 Å². The average molecular weight is 181 g/mol. The van der Waals surface area contributed by atoms with Gasteiger partial charge in [0.2, 0.25) is 0 Å².